The van der Waals surface area contributed by atoms with E-state index in [2.05, 4.69) is 15.3 Å². The van der Waals surface area contributed by atoms with Crippen molar-refractivity contribution in [3.05, 3.63) is 66.1 Å². The Kier molecular flexibility index (Phi) is 5.83. The minimum Gasteiger partial charge on any atom is -0.480 e. The number of benzene rings is 1. The van der Waals surface area contributed by atoms with Gasteiger partial charge in [0.2, 0.25) is 5.91 Å². The summed E-state index contributed by atoms with van der Waals surface area (Å²) in [6.45, 7) is 1.84. The minimum atomic E-state index is -1.16. The van der Waals surface area contributed by atoms with Crippen molar-refractivity contribution in [1.82, 2.24) is 20.2 Å². The number of hydrogen-bond donors (Lipinski definition) is 3. The zero-order chi connectivity index (χ0) is 22.8. The van der Waals surface area contributed by atoms with Crippen LogP contribution in [0.15, 0.2) is 55.0 Å². The van der Waals surface area contributed by atoms with Gasteiger partial charge in [-0.1, -0.05) is 24.3 Å². The number of nitrogens with two attached hydrogens (primary N) is 1. The van der Waals surface area contributed by atoms with Crippen molar-refractivity contribution in [3.63, 3.8) is 0 Å². The predicted molar refractivity (Wildman–Crippen MR) is 117 cm³/mol. The normalized spacial score (nSPS) is 19.9. The summed E-state index contributed by atoms with van der Waals surface area (Å²) in [5.41, 5.74) is 7.25. The first-order chi connectivity index (χ1) is 15.4. The third-order valence-corrected chi connectivity index (χ3v) is 5.82. The summed E-state index contributed by atoms with van der Waals surface area (Å²) in [7, 11) is 0. The van der Waals surface area contributed by atoms with Gasteiger partial charge in [0.15, 0.2) is 6.29 Å². The SMILES string of the molecule is CC(NC(C=O)N1C(=O)[C@H](Cc2ccnc(N)c2)[C@H]1C(=O)O)c1cncc2ccccc12. The first kappa shape index (κ1) is 21.4. The summed E-state index contributed by atoms with van der Waals surface area (Å²) in [4.78, 5) is 46.0. The molecule has 0 bridgehead atoms. The van der Waals surface area contributed by atoms with E-state index in [4.69, 9.17) is 5.73 Å². The van der Waals surface area contributed by atoms with E-state index in [-0.39, 0.29) is 12.5 Å². The van der Waals surface area contributed by atoms with Gasteiger partial charge < -0.3 is 15.7 Å². The molecular weight excluding hydrogens is 410 g/mol. The molecule has 4 rings (SSSR count). The number of likely N-dealkylation sites (tertiary alicyclic amines) is 1. The Balaban J connectivity index is 1.54. The van der Waals surface area contributed by atoms with Crippen molar-refractivity contribution in [3.8, 4) is 0 Å². The zero-order valence-corrected chi connectivity index (χ0v) is 17.4. The first-order valence-electron chi connectivity index (χ1n) is 10.2. The Morgan fingerprint density at radius 3 is 2.81 bits per heavy atom. The highest BCUT2D eigenvalue weighted by atomic mass is 16.4. The van der Waals surface area contributed by atoms with Gasteiger partial charge in [0.25, 0.3) is 0 Å². The van der Waals surface area contributed by atoms with E-state index in [1.807, 2.05) is 31.2 Å². The summed E-state index contributed by atoms with van der Waals surface area (Å²) in [6.07, 6.45) is 4.63. The molecule has 1 fully saturated rings. The topological polar surface area (TPSA) is 139 Å². The number of pyridine rings is 2. The standard InChI is InChI=1S/C23H23N5O4/c1-13(18-11-25-10-15-4-2-3-5-16(15)18)27-20(12-29)28-21(23(31)32)17(22(28)30)8-14-6-7-26-19(24)9-14/h2-7,9-13,17,20-21,27H,8H2,1H3,(H2,24,26)(H,31,32)/t13?,17-,20?,21+/m1/s1. The molecular formula is C23H23N5O4. The van der Waals surface area contributed by atoms with E-state index in [1.54, 1.807) is 24.5 Å². The number of aliphatic carboxylic acids is 1. The van der Waals surface area contributed by atoms with Crippen LogP contribution in [0, 0.1) is 5.92 Å². The largest absolute Gasteiger partial charge is 0.480 e. The maximum Gasteiger partial charge on any atom is 0.327 e. The van der Waals surface area contributed by atoms with Crippen LogP contribution in [0.2, 0.25) is 0 Å². The van der Waals surface area contributed by atoms with Crippen LogP contribution < -0.4 is 11.1 Å². The number of nitrogens with zero attached hydrogens (tertiary/aromatic N) is 3. The van der Waals surface area contributed by atoms with Crippen LogP contribution in [0.5, 0.6) is 0 Å². The van der Waals surface area contributed by atoms with Crippen LogP contribution in [0.4, 0.5) is 5.82 Å². The van der Waals surface area contributed by atoms with Crippen molar-refractivity contribution in [1.29, 1.82) is 0 Å². The molecule has 1 aromatic carbocycles. The zero-order valence-electron chi connectivity index (χ0n) is 17.4. The van der Waals surface area contributed by atoms with Gasteiger partial charge in [0, 0.05) is 30.0 Å². The van der Waals surface area contributed by atoms with Gasteiger partial charge in [-0.3, -0.25) is 19.9 Å². The minimum absolute atomic E-state index is 0.202. The maximum absolute atomic E-state index is 12.9. The molecule has 0 aliphatic carbocycles. The summed E-state index contributed by atoms with van der Waals surface area (Å²) in [5, 5.41) is 14.8. The van der Waals surface area contributed by atoms with Crippen LogP contribution in [0.25, 0.3) is 10.8 Å². The number of aldehydes is 1. The van der Waals surface area contributed by atoms with Crippen molar-refractivity contribution in [2.24, 2.45) is 5.92 Å². The van der Waals surface area contributed by atoms with Gasteiger partial charge >= 0.3 is 5.97 Å². The van der Waals surface area contributed by atoms with Gasteiger partial charge in [-0.05, 0) is 42.0 Å². The number of fused-ring (bicyclic) bond motifs is 1. The third-order valence-electron chi connectivity index (χ3n) is 5.82. The van der Waals surface area contributed by atoms with E-state index in [9.17, 15) is 19.5 Å². The number of nitrogen functional groups attached to an aromatic ring is 1. The van der Waals surface area contributed by atoms with Crippen molar-refractivity contribution >= 4 is 34.8 Å². The number of β-lactam (4-membered cyclic amide) rings is 1. The van der Waals surface area contributed by atoms with Gasteiger partial charge in [0.05, 0.1) is 5.92 Å². The quantitative estimate of drug-likeness (QED) is 0.359. The average molecular weight is 433 g/mol. The summed E-state index contributed by atoms with van der Waals surface area (Å²) < 4.78 is 0. The number of carbonyl (C=O) groups excluding carboxylic acids is 2. The number of rotatable bonds is 8. The van der Waals surface area contributed by atoms with Crippen molar-refractivity contribution in [2.75, 3.05) is 5.73 Å². The lowest BCUT2D eigenvalue weighted by atomic mass is 9.82. The number of nitrogens with one attached hydrogen (secondary N) is 1. The monoisotopic (exact) mass is 433 g/mol. The van der Waals surface area contributed by atoms with Gasteiger partial charge in [-0.25, -0.2) is 9.78 Å². The molecule has 0 saturated carbocycles. The summed E-state index contributed by atoms with van der Waals surface area (Å²) >= 11 is 0. The molecule has 3 aromatic rings. The average Bonchev–Trinajstić information content (AvgIpc) is 2.79. The van der Waals surface area contributed by atoms with Gasteiger partial charge in [0.1, 0.15) is 18.0 Å². The van der Waals surface area contributed by atoms with Gasteiger partial charge in [-0.15, -0.1) is 0 Å². The Bertz CT molecular complexity index is 1180. The van der Waals surface area contributed by atoms with E-state index in [0.29, 0.717) is 17.7 Å². The fourth-order valence-electron chi connectivity index (χ4n) is 4.27. The molecule has 0 spiro atoms. The smallest absolute Gasteiger partial charge is 0.327 e. The number of aromatic nitrogens is 2. The van der Waals surface area contributed by atoms with E-state index >= 15 is 0 Å². The lowest BCUT2D eigenvalue weighted by Gasteiger charge is -2.48. The Morgan fingerprint density at radius 1 is 1.31 bits per heavy atom. The number of amides is 1. The maximum atomic E-state index is 12.9. The second-order valence-corrected chi connectivity index (χ2v) is 7.85. The molecule has 1 aliphatic heterocycles. The molecule has 1 saturated heterocycles. The molecule has 0 radical (unpaired) electrons. The van der Waals surface area contributed by atoms with E-state index in [1.165, 1.54) is 6.20 Å². The number of anilines is 1. The summed E-state index contributed by atoms with van der Waals surface area (Å²) in [6, 6.07) is 9.52. The molecule has 9 nitrogen and oxygen atoms in total. The number of hydrogen-bond acceptors (Lipinski definition) is 7. The highest BCUT2D eigenvalue weighted by Crippen LogP contribution is 2.33. The number of carboxylic acids is 1. The summed E-state index contributed by atoms with van der Waals surface area (Å²) in [5.74, 6) is -2.05. The van der Waals surface area contributed by atoms with E-state index in [0.717, 1.165) is 21.2 Å². The van der Waals surface area contributed by atoms with Gasteiger partial charge in [-0.2, -0.15) is 0 Å². The molecule has 4 atom stereocenters. The fourth-order valence-corrected chi connectivity index (χ4v) is 4.27. The molecule has 3 heterocycles. The number of carboxylic acid groups (broad SMARTS) is 1. The van der Waals surface area contributed by atoms with Crippen molar-refractivity contribution < 1.29 is 19.5 Å². The number of carbonyl (C=O) groups is 3. The lowest BCUT2D eigenvalue weighted by Crippen LogP contribution is -2.71. The molecule has 9 heteroatoms. The first-order valence-corrected chi connectivity index (χ1v) is 10.2. The molecule has 1 amide bonds. The third kappa shape index (κ3) is 3.90. The van der Waals surface area contributed by atoms with Crippen molar-refractivity contribution in [2.45, 2.75) is 31.6 Å². The van der Waals surface area contributed by atoms with Crippen LogP contribution in [-0.4, -0.2) is 50.3 Å². The molecule has 164 valence electrons. The second-order valence-electron chi connectivity index (χ2n) is 7.85. The molecule has 1 aliphatic rings. The highest BCUT2D eigenvalue weighted by Gasteiger charge is 2.54. The van der Waals surface area contributed by atoms with Crippen LogP contribution in [-0.2, 0) is 20.8 Å². The van der Waals surface area contributed by atoms with Crippen LogP contribution in [0.1, 0.15) is 24.1 Å². The molecule has 4 N–H and O–H groups in total. The van der Waals surface area contributed by atoms with E-state index < -0.39 is 30.0 Å². The molecule has 2 aromatic heterocycles. The van der Waals surface area contributed by atoms with Crippen LogP contribution >= 0.6 is 0 Å². The fraction of sp³-hybridized carbons (Fsp3) is 0.261. The predicted octanol–water partition coefficient (Wildman–Crippen LogP) is 1.54. The highest BCUT2D eigenvalue weighted by molar-refractivity contribution is 5.98. The Labute approximate surface area is 184 Å². The van der Waals surface area contributed by atoms with Crippen LogP contribution in [0.3, 0.4) is 0 Å². The lowest BCUT2D eigenvalue weighted by molar-refractivity contribution is -0.176. The Hall–Kier alpha value is -3.85. The molecule has 32 heavy (non-hydrogen) atoms. The second kappa shape index (κ2) is 8.72. The molecule has 2 unspecified atom stereocenters. The Morgan fingerprint density at radius 2 is 2.09 bits per heavy atom.